The summed E-state index contributed by atoms with van der Waals surface area (Å²) >= 11 is 0. The van der Waals surface area contributed by atoms with Crippen LogP contribution in [0.2, 0.25) is 0 Å². The van der Waals surface area contributed by atoms with Crippen molar-refractivity contribution in [1.82, 2.24) is 0 Å². The zero-order valence-corrected chi connectivity index (χ0v) is 10.9. The predicted molar refractivity (Wildman–Crippen MR) is 74.2 cm³/mol. The van der Waals surface area contributed by atoms with E-state index >= 15 is 0 Å². The SMILES string of the molecule is FC(F)Oc1cccc(NC2CCc3ccccc32)c1. The molecule has 2 aromatic rings. The summed E-state index contributed by atoms with van der Waals surface area (Å²) in [6.45, 7) is -2.79. The van der Waals surface area contributed by atoms with Gasteiger partial charge in [-0.2, -0.15) is 8.78 Å². The van der Waals surface area contributed by atoms with Crippen LogP contribution in [0.5, 0.6) is 5.75 Å². The second-order valence-electron chi connectivity index (χ2n) is 4.84. The Bertz CT molecular complexity index is 601. The van der Waals surface area contributed by atoms with Crippen molar-refractivity contribution in [2.24, 2.45) is 0 Å². The van der Waals surface area contributed by atoms with Gasteiger partial charge in [0.25, 0.3) is 0 Å². The quantitative estimate of drug-likeness (QED) is 0.893. The van der Waals surface area contributed by atoms with Crippen molar-refractivity contribution in [3.8, 4) is 5.75 Å². The molecule has 1 aliphatic rings. The minimum absolute atomic E-state index is 0.177. The molecule has 104 valence electrons. The van der Waals surface area contributed by atoms with Crippen molar-refractivity contribution < 1.29 is 13.5 Å². The highest BCUT2D eigenvalue weighted by Gasteiger charge is 2.21. The molecule has 0 fully saturated rings. The molecule has 0 heterocycles. The van der Waals surface area contributed by atoms with Crippen LogP contribution in [0.15, 0.2) is 48.5 Å². The van der Waals surface area contributed by atoms with E-state index in [1.807, 2.05) is 18.2 Å². The van der Waals surface area contributed by atoms with Crippen LogP contribution in [-0.4, -0.2) is 6.61 Å². The van der Waals surface area contributed by atoms with E-state index in [4.69, 9.17) is 0 Å². The summed E-state index contributed by atoms with van der Waals surface area (Å²) in [5.74, 6) is 0.177. The number of nitrogens with one attached hydrogen (secondary N) is 1. The number of ether oxygens (including phenoxy) is 1. The molecule has 1 aliphatic carbocycles. The zero-order chi connectivity index (χ0) is 13.9. The summed E-state index contributed by atoms with van der Waals surface area (Å²) in [7, 11) is 0. The van der Waals surface area contributed by atoms with Gasteiger partial charge in [-0.1, -0.05) is 30.3 Å². The fourth-order valence-electron chi connectivity index (χ4n) is 2.67. The smallest absolute Gasteiger partial charge is 0.387 e. The van der Waals surface area contributed by atoms with Gasteiger partial charge in [-0.3, -0.25) is 0 Å². The van der Waals surface area contributed by atoms with Crippen LogP contribution in [0.4, 0.5) is 14.5 Å². The first kappa shape index (κ1) is 12.9. The lowest BCUT2D eigenvalue weighted by atomic mass is 10.1. The van der Waals surface area contributed by atoms with Gasteiger partial charge in [0.05, 0.1) is 6.04 Å². The van der Waals surface area contributed by atoms with Crippen LogP contribution in [0, 0.1) is 0 Å². The minimum atomic E-state index is -2.79. The highest BCUT2D eigenvalue weighted by atomic mass is 19.3. The van der Waals surface area contributed by atoms with Crippen molar-refractivity contribution in [3.05, 3.63) is 59.7 Å². The number of anilines is 1. The van der Waals surface area contributed by atoms with Crippen molar-refractivity contribution in [1.29, 1.82) is 0 Å². The second-order valence-corrected chi connectivity index (χ2v) is 4.84. The third-order valence-corrected chi connectivity index (χ3v) is 3.53. The van der Waals surface area contributed by atoms with Crippen LogP contribution in [0.25, 0.3) is 0 Å². The highest BCUT2D eigenvalue weighted by molar-refractivity contribution is 5.51. The lowest BCUT2D eigenvalue weighted by Gasteiger charge is -2.16. The molecule has 1 unspecified atom stereocenters. The maximum absolute atomic E-state index is 12.2. The second kappa shape index (κ2) is 5.49. The van der Waals surface area contributed by atoms with Gasteiger partial charge in [0.1, 0.15) is 5.75 Å². The van der Waals surface area contributed by atoms with Gasteiger partial charge < -0.3 is 10.1 Å². The standard InChI is InChI=1S/C16H15F2NO/c17-16(18)20-13-6-3-5-12(10-13)19-15-9-8-11-4-1-2-7-14(11)15/h1-7,10,15-16,19H,8-9H2. The summed E-state index contributed by atoms with van der Waals surface area (Å²) in [4.78, 5) is 0. The van der Waals surface area contributed by atoms with E-state index in [0.29, 0.717) is 0 Å². The molecule has 1 N–H and O–H groups in total. The lowest BCUT2D eigenvalue weighted by molar-refractivity contribution is -0.0498. The first-order valence-corrected chi connectivity index (χ1v) is 6.61. The maximum Gasteiger partial charge on any atom is 0.387 e. The number of halogens is 2. The van der Waals surface area contributed by atoms with Crippen LogP contribution >= 0.6 is 0 Å². The Morgan fingerprint density at radius 2 is 1.95 bits per heavy atom. The third kappa shape index (κ3) is 2.74. The molecule has 2 aromatic carbocycles. The van der Waals surface area contributed by atoms with Crippen molar-refractivity contribution in [2.75, 3.05) is 5.32 Å². The first-order chi connectivity index (χ1) is 9.72. The van der Waals surface area contributed by atoms with Gasteiger partial charge in [0.2, 0.25) is 0 Å². The van der Waals surface area contributed by atoms with Crippen LogP contribution in [0.1, 0.15) is 23.6 Å². The molecule has 0 saturated heterocycles. The van der Waals surface area contributed by atoms with Gasteiger partial charge in [-0.05, 0) is 36.1 Å². The van der Waals surface area contributed by atoms with Gasteiger partial charge in [0, 0.05) is 11.8 Å². The normalized spacial score (nSPS) is 17.1. The predicted octanol–water partition coefficient (Wildman–Crippen LogP) is 4.39. The number of benzene rings is 2. The van der Waals surface area contributed by atoms with Crippen LogP contribution in [-0.2, 0) is 6.42 Å². The van der Waals surface area contributed by atoms with Gasteiger partial charge in [-0.25, -0.2) is 0 Å². The Morgan fingerprint density at radius 3 is 2.80 bits per heavy atom. The lowest BCUT2D eigenvalue weighted by Crippen LogP contribution is -2.07. The molecule has 1 atom stereocenters. The summed E-state index contributed by atoms with van der Waals surface area (Å²) < 4.78 is 28.8. The Kier molecular flexibility index (Phi) is 3.54. The molecule has 0 bridgehead atoms. The fraction of sp³-hybridized carbons (Fsp3) is 0.250. The first-order valence-electron chi connectivity index (χ1n) is 6.61. The number of hydrogen-bond donors (Lipinski definition) is 1. The highest BCUT2D eigenvalue weighted by Crippen LogP contribution is 2.34. The maximum atomic E-state index is 12.2. The van der Waals surface area contributed by atoms with Gasteiger partial charge in [-0.15, -0.1) is 0 Å². The van der Waals surface area contributed by atoms with E-state index in [0.717, 1.165) is 18.5 Å². The molecule has 20 heavy (non-hydrogen) atoms. The molecule has 0 aromatic heterocycles. The Morgan fingerprint density at radius 1 is 1.10 bits per heavy atom. The van der Waals surface area contributed by atoms with E-state index in [1.54, 1.807) is 12.1 Å². The molecule has 0 aliphatic heterocycles. The Balaban J connectivity index is 1.76. The summed E-state index contributed by atoms with van der Waals surface area (Å²) in [5, 5.41) is 3.39. The van der Waals surface area contributed by atoms with Gasteiger partial charge >= 0.3 is 6.61 Å². The summed E-state index contributed by atoms with van der Waals surface area (Å²) in [6, 6.07) is 15.2. The van der Waals surface area contributed by atoms with E-state index < -0.39 is 6.61 Å². The minimum Gasteiger partial charge on any atom is -0.435 e. The van der Waals surface area contributed by atoms with E-state index in [1.165, 1.54) is 17.2 Å². The molecule has 0 radical (unpaired) electrons. The zero-order valence-electron chi connectivity index (χ0n) is 10.9. The van der Waals surface area contributed by atoms with Gasteiger partial charge in [0.15, 0.2) is 0 Å². The number of fused-ring (bicyclic) bond motifs is 1. The van der Waals surface area contributed by atoms with E-state index in [9.17, 15) is 8.78 Å². The summed E-state index contributed by atoms with van der Waals surface area (Å²) in [5.41, 5.74) is 3.43. The Labute approximate surface area is 116 Å². The van der Waals surface area contributed by atoms with E-state index in [-0.39, 0.29) is 11.8 Å². The van der Waals surface area contributed by atoms with Crippen molar-refractivity contribution >= 4 is 5.69 Å². The number of rotatable bonds is 4. The molecule has 0 spiro atoms. The molecule has 3 rings (SSSR count). The van der Waals surface area contributed by atoms with E-state index in [2.05, 4.69) is 22.2 Å². The number of alkyl halides is 2. The molecule has 0 saturated carbocycles. The number of aryl methyl sites for hydroxylation is 1. The molecule has 0 amide bonds. The molecular weight excluding hydrogens is 260 g/mol. The molecule has 4 heteroatoms. The fourth-order valence-corrected chi connectivity index (χ4v) is 2.67. The van der Waals surface area contributed by atoms with Crippen LogP contribution < -0.4 is 10.1 Å². The largest absolute Gasteiger partial charge is 0.435 e. The number of hydrogen-bond acceptors (Lipinski definition) is 2. The molecule has 2 nitrogen and oxygen atoms in total. The summed E-state index contributed by atoms with van der Waals surface area (Å²) in [6.07, 6.45) is 2.06. The average Bonchev–Trinajstić information content (AvgIpc) is 2.82. The van der Waals surface area contributed by atoms with Crippen molar-refractivity contribution in [2.45, 2.75) is 25.5 Å². The van der Waals surface area contributed by atoms with Crippen LogP contribution in [0.3, 0.4) is 0 Å². The topological polar surface area (TPSA) is 21.3 Å². The monoisotopic (exact) mass is 275 g/mol. The average molecular weight is 275 g/mol. The Hall–Kier alpha value is -2.10. The third-order valence-electron chi connectivity index (χ3n) is 3.53. The van der Waals surface area contributed by atoms with Crippen molar-refractivity contribution in [3.63, 3.8) is 0 Å². The molecular formula is C16H15F2NO.